The van der Waals surface area contributed by atoms with Crippen molar-refractivity contribution in [3.8, 4) is 0 Å². The second-order valence-electron chi connectivity index (χ2n) is 3.91. The number of hydrogen-bond acceptors (Lipinski definition) is 5. The van der Waals surface area contributed by atoms with Crippen LogP contribution in [-0.4, -0.2) is 27.8 Å². The molecule has 20 heavy (non-hydrogen) atoms. The molecule has 3 aromatic rings. The van der Waals surface area contributed by atoms with Crippen LogP contribution in [0.4, 0.5) is 5.69 Å². The standard InChI is InChI=1S/C12H7N5O2S/c1-13-9-4-5-12-11(7-9)15-16-17(12)20(18,19)10-3-2-6-14-8-10/h2-8H. The summed E-state index contributed by atoms with van der Waals surface area (Å²) in [6.07, 6.45) is 2.73. The summed E-state index contributed by atoms with van der Waals surface area (Å²) < 4.78 is 25.7. The predicted molar refractivity (Wildman–Crippen MR) is 70.6 cm³/mol. The Morgan fingerprint density at radius 2 is 2.10 bits per heavy atom. The first-order valence-electron chi connectivity index (χ1n) is 5.51. The third-order valence-electron chi connectivity index (χ3n) is 2.69. The molecule has 7 nitrogen and oxygen atoms in total. The third-order valence-corrected chi connectivity index (χ3v) is 4.25. The van der Waals surface area contributed by atoms with E-state index in [-0.39, 0.29) is 4.90 Å². The number of fused-ring (bicyclic) bond motifs is 1. The second kappa shape index (κ2) is 4.40. The van der Waals surface area contributed by atoms with Crippen LogP contribution in [0.25, 0.3) is 15.9 Å². The lowest BCUT2D eigenvalue weighted by atomic mass is 10.3. The molecule has 3 rings (SSSR count). The molecular weight excluding hydrogens is 278 g/mol. The van der Waals surface area contributed by atoms with Crippen LogP contribution >= 0.6 is 0 Å². The highest BCUT2D eigenvalue weighted by molar-refractivity contribution is 7.90. The third kappa shape index (κ3) is 1.81. The van der Waals surface area contributed by atoms with Crippen molar-refractivity contribution in [1.82, 2.24) is 19.4 Å². The highest BCUT2D eigenvalue weighted by Gasteiger charge is 2.21. The number of hydrogen-bond donors (Lipinski definition) is 0. The fraction of sp³-hybridized carbons (Fsp3) is 0. The first-order valence-corrected chi connectivity index (χ1v) is 6.95. The molecule has 2 aromatic heterocycles. The number of aromatic nitrogens is 4. The Bertz CT molecular complexity index is 925. The van der Waals surface area contributed by atoms with Crippen molar-refractivity contribution >= 4 is 26.7 Å². The van der Waals surface area contributed by atoms with Gasteiger partial charge in [0.2, 0.25) is 0 Å². The van der Waals surface area contributed by atoms with Gasteiger partial charge in [-0.1, -0.05) is 11.3 Å². The lowest BCUT2D eigenvalue weighted by molar-refractivity contribution is 0.579. The molecule has 0 bridgehead atoms. The van der Waals surface area contributed by atoms with Crippen molar-refractivity contribution in [1.29, 1.82) is 0 Å². The molecule has 2 heterocycles. The monoisotopic (exact) mass is 285 g/mol. The first kappa shape index (κ1) is 12.3. The van der Waals surface area contributed by atoms with Crippen molar-refractivity contribution < 1.29 is 8.42 Å². The van der Waals surface area contributed by atoms with E-state index in [1.807, 2.05) is 0 Å². The van der Waals surface area contributed by atoms with Crippen LogP contribution in [0.15, 0.2) is 47.6 Å². The Balaban J connectivity index is 2.23. The summed E-state index contributed by atoms with van der Waals surface area (Å²) in [6.45, 7) is 6.93. The Kier molecular flexibility index (Phi) is 2.69. The first-order chi connectivity index (χ1) is 9.63. The van der Waals surface area contributed by atoms with Gasteiger partial charge in [0.1, 0.15) is 15.9 Å². The summed E-state index contributed by atoms with van der Waals surface area (Å²) in [7, 11) is -3.84. The molecular formula is C12H7N5O2S. The number of pyridine rings is 1. The van der Waals surface area contributed by atoms with E-state index in [2.05, 4.69) is 20.1 Å². The maximum atomic E-state index is 12.4. The molecule has 0 aliphatic rings. The Labute approximate surface area is 114 Å². The molecule has 0 saturated carbocycles. The van der Waals surface area contributed by atoms with Crippen LogP contribution in [0.1, 0.15) is 0 Å². The zero-order valence-electron chi connectivity index (χ0n) is 10.0. The smallest absolute Gasteiger partial charge is 0.263 e. The minimum atomic E-state index is -3.84. The quantitative estimate of drug-likeness (QED) is 0.668. The van der Waals surface area contributed by atoms with Crippen LogP contribution in [0, 0.1) is 6.57 Å². The summed E-state index contributed by atoms with van der Waals surface area (Å²) >= 11 is 0. The molecule has 0 aliphatic heterocycles. The highest BCUT2D eigenvalue weighted by atomic mass is 32.2. The van der Waals surface area contributed by atoms with Crippen LogP contribution in [0.5, 0.6) is 0 Å². The molecule has 0 saturated heterocycles. The van der Waals surface area contributed by atoms with E-state index in [1.54, 1.807) is 0 Å². The zero-order valence-corrected chi connectivity index (χ0v) is 10.8. The average Bonchev–Trinajstić information content (AvgIpc) is 2.91. The minimum Gasteiger partial charge on any atom is -0.263 e. The summed E-state index contributed by atoms with van der Waals surface area (Å²) in [5.74, 6) is 0. The Morgan fingerprint density at radius 3 is 2.80 bits per heavy atom. The van der Waals surface area contributed by atoms with E-state index < -0.39 is 10.0 Å². The lowest BCUT2D eigenvalue weighted by Gasteiger charge is -2.03. The van der Waals surface area contributed by atoms with Crippen molar-refractivity contribution in [2.75, 3.05) is 0 Å². The summed E-state index contributed by atoms with van der Waals surface area (Å²) in [5.41, 5.74) is 1.05. The number of rotatable bonds is 2. The van der Waals surface area contributed by atoms with Gasteiger partial charge in [-0.15, -0.1) is 9.19 Å². The minimum absolute atomic E-state index is 0.0288. The number of benzene rings is 1. The average molecular weight is 285 g/mol. The van der Waals surface area contributed by atoms with Gasteiger partial charge in [-0.25, -0.2) is 4.85 Å². The molecule has 0 unspecified atom stereocenters. The molecule has 8 heteroatoms. The van der Waals surface area contributed by atoms with Crippen molar-refractivity contribution in [2.45, 2.75) is 4.90 Å². The summed E-state index contributed by atoms with van der Waals surface area (Å²) in [5, 5.41) is 7.46. The van der Waals surface area contributed by atoms with Gasteiger partial charge in [0.15, 0.2) is 5.69 Å². The Morgan fingerprint density at radius 1 is 1.25 bits per heavy atom. The summed E-state index contributed by atoms with van der Waals surface area (Å²) in [6, 6.07) is 7.49. The molecule has 0 atom stereocenters. The normalized spacial score (nSPS) is 11.3. The Hall–Kier alpha value is -2.79. The topological polar surface area (TPSA) is 82.1 Å². The van der Waals surface area contributed by atoms with Crippen molar-refractivity contribution in [2.24, 2.45) is 0 Å². The molecule has 98 valence electrons. The van der Waals surface area contributed by atoms with E-state index in [9.17, 15) is 8.42 Å². The van der Waals surface area contributed by atoms with Gasteiger partial charge in [0, 0.05) is 12.4 Å². The maximum Gasteiger partial charge on any atom is 0.286 e. The molecule has 0 fully saturated rings. The van der Waals surface area contributed by atoms with Crippen LogP contribution in [0.2, 0.25) is 0 Å². The van der Waals surface area contributed by atoms with Crippen molar-refractivity contribution in [3.63, 3.8) is 0 Å². The van der Waals surface area contributed by atoms with E-state index in [1.165, 1.54) is 42.7 Å². The second-order valence-corrected chi connectivity index (χ2v) is 5.68. The molecule has 0 amide bonds. The van der Waals surface area contributed by atoms with Crippen LogP contribution in [-0.2, 0) is 10.0 Å². The predicted octanol–water partition coefficient (Wildman–Crippen LogP) is 1.61. The van der Waals surface area contributed by atoms with Gasteiger partial charge in [0.05, 0.1) is 6.57 Å². The largest absolute Gasteiger partial charge is 0.286 e. The fourth-order valence-corrected chi connectivity index (χ4v) is 2.93. The van der Waals surface area contributed by atoms with E-state index >= 15 is 0 Å². The van der Waals surface area contributed by atoms with Gasteiger partial charge in [-0.05, 0) is 24.3 Å². The molecule has 0 radical (unpaired) electrons. The van der Waals surface area contributed by atoms with Gasteiger partial charge >= 0.3 is 0 Å². The highest BCUT2D eigenvalue weighted by Crippen LogP contribution is 2.22. The molecule has 0 spiro atoms. The van der Waals surface area contributed by atoms with E-state index in [4.69, 9.17) is 6.57 Å². The van der Waals surface area contributed by atoms with Gasteiger partial charge < -0.3 is 0 Å². The van der Waals surface area contributed by atoms with Gasteiger partial charge in [0.25, 0.3) is 10.0 Å². The van der Waals surface area contributed by atoms with Gasteiger partial charge in [-0.3, -0.25) is 4.98 Å². The molecule has 0 aliphatic carbocycles. The van der Waals surface area contributed by atoms with E-state index in [0.717, 1.165) is 4.09 Å². The summed E-state index contributed by atoms with van der Waals surface area (Å²) in [4.78, 5) is 7.08. The maximum absolute atomic E-state index is 12.4. The van der Waals surface area contributed by atoms with Crippen molar-refractivity contribution in [3.05, 3.63) is 54.1 Å². The van der Waals surface area contributed by atoms with Crippen LogP contribution < -0.4 is 0 Å². The van der Waals surface area contributed by atoms with E-state index in [0.29, 0.717) is 16.7 Å². The lowest BCUT2D eigenvalue weighted by Crippen LogP contribution is -2.14. The fourth-order valence-electron chi connectivity index (χ4n) is 1.74. The number of nitrogens with zero attached hydrogens (tertiary/aromatic N) is 5. The van der Waals surface area contributed by atoms with Gasteiger partial charge in [-0.2, -0.15) is 8.42 Å². The SMILES string of the molecule is [C-]#[N+]c1ccc2c(c1)nnn2S(=O)(=O)c1cccnc1. The zero-order chi connectivity index (χ0) is 14.2. The van der Waals surface area contributed by atoms with Crippen LogP contribution in [0.3, 0.4) is 0 Å². The molecule has 0 N–H and O–H groups in total. The molecule has 1 aromatic carbocycles.